The van der Waals surface area contributed by atoms with E-state index in [9.17, 15) is 9.18 Å². The highest BCUT2D eigenvalue weighted by molar-refractivity contribution is 7.98. The summed E-state index contributed by atoms with van der Waals surface area (Å²) in [5.41, 5.74) is 6.49. The van der Waals surface area contributed by atoms with Crippen LogP contribution in [0.25, 0.3) is 27.7 Å². The summed E-state index contributed by atoms with van der Waals surface area (Å²) in [5.74, 6) is -0.239. The van der Waals surface area contributed by atoms with E-state index in [0.717, 1.165) is 47.7 Å². The van der Waals surface area contributed by atoms with Crippen molar-refractivity contribution in [2.24, 2.45) is 0 Å². The van der Waals surface area contributed by atoms with Gasteiger partial charge in [0.15, 0.2) is 0 Å². The van der Waals surface area contributed by atoms with Crippen molar-refractivity contribution in [1.82, 2.24) is 0 Å². The molecular formula is C29H21FO2S4. The van der Waals surface area contributed by atoms with Crippen LogP contribution in [-0.2, 0) is 4.79 Å². The lowest BCUT2D eigenvalue weighted by Gasteiger charge is -2.08. The lowest BCUT2D eigenvalue weighted by atomic mass is 10.0. The number of carbonyl (C=O) groups is 1. The van der Waals surface area contributed by atoms with Crippen molar-refractivity contribution in [2.75, 3.05) is 6.26 Å². The summed E-state index contributed by atoms with van der Waals surface area (Å²) in [4.78, 5) is 15.2. The van der Waals surface area contributed by atoms with Crippen molar-refractivity contribution in [1.29, 1.82) is 0 Å². The number of hydrogen-bond donors (Lipinski definition) is 0. The molecule has 0 N–H and O–H groups in total. The van der Waals surface area contributed by atoms with E-state index in [2.05, 4.69) is 30.3 Å². The third-order valence-corrected chi connectivity index (χ3v) is 9.69. The number of allylic oxidation sites excluding steroid dienone is 2. The number of esters is 1. The smallest absolute Gasteiger partial charge is 0.315 e. The Bertz CT molecular complexity index is 1560. The Morgan fingerprint density at radius 2 is 1.75 bits per heavy atom. The quantitative estimate of drug-likeness (QED) is 0.0788. The Kier molecular flexibility index (Phi) is 7.34. The van der Waals surface area contributed by atoms with Crippen LogP contribution >= 0.6 is 44.7 Å². The number of halogens is 1. The maximum Gasteiger partial charge on any atom is 0.315 e. The number of thioether (sulfide) groups is 1. The van der Waals surface area contributed by atoms with Gasteiger partial charge in [-0.1, -0.05) is 51.1 Å². The molecule has 4 aromatic rings. The second-order valence-electron chi connectivity index (χ2n) is 8.29. The van der Waals surface area contributed by atoms with E-state index in [1.807, 2.05) is 31.4 Å². The Hall–Kier alpha value is -2.84. The van der Waals surface area contributed by atoms with Crippen LogP contribution in [0.3, 0.4) is 0 Å². The first-order valence-electron chi connectivity index (χ1n) is 11.2. The molecule has 0 unspecified atom stereocenters. The minimum atomic E-state index is -0.385. The second kappa shape index (κ2) is 10.6. The molecule has 1 aliphatic carbocycles. The average molecular weight is 549 g/mol. The van der Waals surface area contributed by atoms with Gasteiger partial charge in [-0.3, -0.25) is 4.79 Å². The fourth-order valence-electron chi connectivity index (χ4n) is 4.22. The predicted octanol–water partition coefficient (Wildman–Crippen LogP) is 9.39. The first-order chi connectivity index (χ1) is 17.4. The van der Waals surface area contributed by atoms with E-state index in [1.54, 1.807) is 50.6 Å². The van der Waals surface area contributed by atoms with Gasteiger partial charge in [0, 0.05) is 9.77 Å². The maximum absolute atomic E-state index is 14.2. The van der Waals surface area contributed by atoms with Gasteiger partial charge < -0.3 is 4.74 Å². The van der Waals surface area contributed by atoms with E-state index in [0.29, 0.717) is 5.75 Å². The minimum absolute atomic E-state index is 0.0543. The molecule has 7 heteroatoms. The Morgan fingerprint density at radius 1 is 1.00 bits per heavy atom. The van der Waals surface area contributed by atoms with Crippen LogP contribution in [0.2, 0.25) is 0 Å². The molecule has 0 saturated heterocycles. The van der Waals surface area contributed by atoms with Gasteiger partial charge in [-0.2, -0.15) is 0 Å². The van der Waals surface area contributed by atoms with Crippen LogP contribution < -0.4 is 4.74 Å². The summed E-state index contributed by atoms with van der Waals surface area (Å²) >= 11 is 6.90. The summed E-state index contributed by atoms with van der Waals surface area (Å²) in [6, 6.07) is 22.4. The number of benzene rings is 3. The molecule has 180 valence electrons. The predicted molar refractivity (Wildman–Crippen MR) is 154 cm³/mol. The van der Waals surface area contributed by atoms with Gasteiger partial charge in [-0.25, -0.2) is 4.39 Å². The van der Waals surface area contributed by atoms with Crippen molar-refractivity contribution < 1.29 is 13.9 Å². The SMILES string of the molecule is CSc1ccc(/C=C2/C(C)=C(CC(=O)Oc3ccc(-c4cc(=S)ss4)cc3)c3cc(F)ccc32)cc1. The largest absolute Gasteiger partial charge is 0.426 e. The van der Waals surface area contributed by atoms with E-state index >= 15 is 0 Å². The third-order valence-electron chi connectivity index (χ3n) is 6.03. The third kappa shape index (κ3) is 5.30. The van der Waals surface area contributed by atoms with Crippen LogP contribution in [0, 0.1) is 9.64 Å². The minimum Gasteiger partial charge on any atom is -0.426 e. The highest BCUT2D eigenvalue weighted by Crippen LogP contribution is 2.44. The van der Waals surface area contributed by atoms with Crippen LogP contribution in [0.15, 0.2) is 83.3 Å². The highest BCUT2D eigenvalue weighted by atomic mass is 32.9. The molecule has 0 amide bonds. The number of rotatable bonds is 6. The van der Waals surface area contributed by atoms with Crippen molar-refractivity contribution in [3.63, 3.8) is 0 Å². The lowest BCUT2D eigenvalue weighted by Crippen LogP contribution is -2.08. The zero-order valence-electron chi connectivity index (χ0n) is 19.5. The van der Waals surface area contributed by atoms with E-state index in [4.69, 9.17) is 17.0 Å². The Labute approximate surface area is 226 Å². The van der Waals surface area contributed by atoms with E-state index < -0.39 is 0 Å². The molecular weight excluding hydrogens is 528 g/mol. The molecule has 36 heavy (non-hydrogen) atoms. The van der Waals surface area contributed by atoms with Crippen LogP contribution in [0.1, 0.15) is 30.0 Å². The normalized spacial score (nSPS) is 13.8. The first-order valence-corrected chi connectivity index (χ1v) is 15.0. The van der Waals surface area contributed by atoms with Crippen molar-refractivity contribution in [3.8, 4) is 16.2 Å². The lowest BCUT2D eigenvalue weighted by molar-refractivity contribution is -0.133. The van der Waals surface area contributed by atoms with Gasteiger partial charge in [-0.05, 0) is 113 Å². The molecule has 0 saturated carbocycles. The van der Waals surface area contributed by atoms with Gasteiger partial charge in [0.2, 0.25) is 0 Å². The fraction of sp³-hybridized carbons (Fsp3) is 0.103. The van der Waals surface area contributed by atoms with Crippen LogP contribution in [0.5, 0.6) is 5.75 Å². The number of carbonyl (C=O) groups excluding carboxylic acids is 1. The van der Waals surface area contributed by atoms with Crippen LogP contribution in [-0.4, -0.2) is 12.2 Å². The maximum atomic E-state index is 14.2. The molecule has 5 rings (SSSR count). The monoisotopic (exact) mass is 548 g/mol. The summed E-state index contributed by atoms with van der Waals surface area (Å²) in [7, 11) is 3.19. The zero-order chi connectivity index (χ0) is 25.2. The fourth-order valence-corrected chi connectivity index (χ4v) is 7.03. The van der Waals surface area contributed by atoms with Gasteiger partial charge >= 0.3 is 5.97 Å². The molecule has 0 atom stereocenters. The molecule has 0 bridgehead atoms. The molecule has 0 fully saturated rings. The van der Waals surface area contributed by atoms with Crippen molar-refractivity contribution in [2.45, 2.75) is 18.2 Å². The van der Waals surface area contributed by atoms with Gasteiger partial charge in [0.25, 0.3) is 0 Å². The topological polar surface area (TPSA) is 26.3 Å². The summed E-state index contributed by atoms with van der Waals surface area (Å²) in [6.45, 7) is 1.98. The molecule has 1 aromatic heterocycles. The molecule has 2 nitrogen and oxygen atoms in total. The summed E-state index contributed by atoms with van der Waals surface area (Å²) in [6.07, 6.45) is 4.19. The van der Waals surface area contributed by atoms with Crippen LogP contribution in [0.4, 0.5) is 4.39 Å². The highest BCUT2D eigenvalue weighted by Gasteiger charge is 2.26. The zero-order valence-corrected chi connectivity index (χ0v) is 22.8. The molecule has 1 aliphatic rings. The van der Waals surface area contributed by atoms with Gasteiger partial charge in [0.05, 0.1) is 6.42 Å². The Morgan fingerprint density at radius 3 is 2.42 bits per heavy atom. The molecule has 0 radical (unpaired) electrons. The van der Waals surface area contributed by atoms with E-state index in [1.165, 1.54) is 17.0 Å². The van der Waals surface area contributed by atoms with Gasteiger partial charge in [0.1, 0.15) is 15.4 Å². The van der Waals surface area contributed by atoms with Gasteiger partial charge in [-0.15, -0.1) is 11.8 Å². The standard InChI is InChI=1S/C29H21FO2S4/c1-17-24(13-18-3-10-22(34-2)11-4-18)23-12-7-20(30)14-26(23)25(17)15-28(31)32-21-8-5-19(6-9-21)27-16-29(33)36-35-27/h3-14,16H,15H2,1-2H3/b24-13-. The number of fused-ring (bicyclic) bond motifs is 1. The van der Waals surface area contributed by atoms with E-state index in [-0.39, 0.29) is 18.2 Å². The number of hydrogen-bond acceptors (Lipinski definition) is 6. The average Bonchev–Trinajstić information content (AvgIpc) is 3.42. The Balaban J connectivity index is 1.39. The summed E-state index contributed by atoms with van der Waals surface area (Å²) < 4.78 is 20.7. The molecule has 0 spiro atoms. The summed E-state index contributed by atoms with van der Waals surface area (Å²) in [5, 5.41) is 0. The molecule has 0 aliphatic heterocycles. The van der Waals surface area contributed by atoms with Crippen molar-refractivity contribution >= 4 is 67.9 Å². The molecule has 1 heterocycles. The second-order valence-corrected chi connectivity index (χ2v) is 12.1. The first kappa shape index (κ1) is 24.8. The van der Waals surface area contributed by atoms with Crippen molar-refractivity contribution in [3.05, 3.63) is 105 Å². The molecule has 3 aromatic carbocycles. The number of ether oxygens (including phenoxy) is 1.